The summed E-state index contributed by atoms with van der Waals surface area (Å²) in [4.78, 5) is 0. The molecule has 0 saturated carbocycles. The van der Waals surface area contributed by atoms with Crippen molar-refractivity contribution in [2.24, 2.45) is 0 Å². The minimum absolute atomic E-state index is 0.480. The van der Waals surface area contributed by atoms with E-state index in [4.69, 9.17) is 0 Å². The van der Waals surface area contributed by atoms with Crippen LogP contribution in [0, 0.1) is 0 Å². The predicted molar refractivity (Wildman–Crippen MR) is 34.8 cm³/mol. The molecule has 1 aliphatic rings. The van der Waals surface area contributed by atoms with Crippen molar-refractivity contribution in [3.05, 3.63) is 24.2 Å². The second-order valence-corrected chi connectivity index (χ2v) is 2.05. The standard InChI is InChI=1S/C6H7BF2/c8-6(9)7-4-2-1-3-5-7/h1-4,6H,5H2. The average Bonchev–Trinajstić information content (AvgIpc) is 1.90. The summed E-state index contributed by atoms with van der Waals surface area (Å²) in [5.41, 5.74) is 0. The second-order valence-electron chi connectivity index (χ2n) is 2.05. The molecule has 9 heavy (non-hydrogen) atoms. The zero-order valence-corrected chi connectivity index (χ0v) is 4.93. The smallest absolute Gasteiger partial charge is 0.221 e. The minimum atomic E-state index is -2.20. The summed E-state index contributed by atoms with van der Waals surface area (Å²) in [7, 11) is 0. The van der Waals surface area contributed by atoms with Gasteiger partial charge < -0.3 is 0 Å². The fraction of sp³-hybridized carbons (Fsp3) is 0.333. The molecular weight excluding hydrogens is 121 g/mol. The molecule has 0 spiro atoms. The van der Waals surface area contributed by atoms with Gasteiger partial charge in [-0.2, -0.15) is 0 Å². The fourth-order valence-corrected chi connectivity index (χ4v) is 0.787. The second kappa shape index (κ2) is 2.81. The molecule has 1 heterocycles. The SMILES string of the molecule is FC(F)B1C=CC=CC1. The van der Waals surface area contributed by atoms with E-state index in [1.54, 1.807) is 24.2 Å². The first-order chi connectivity index (χ1) is 4.30. The molecule has 1 rings (SSSR count). The number of alkyl halides is 2. The molecule has 0 aromatic heterocycles. The lowest BCUT2D eigenvalue weighted by Gasteiger charge is -2.05. The van der Waals surface area contributed by atoms with Crippen molar-refractivity contribution in [1.82, 2.24) is 0 Å². The Hall–Kier alpha value is -0.595. The van der Waals surface area contributed by atoms with Crippen LogP contribution in [0.15, 0.2) is 24.2 Å². The minimum Gasteiger partial charge on any atom is -0.221 e. The van der Waals surface area contributed by atoms with Gasteiger partial charge >= 0.3 is 0 Å². The van der Waals surface area contributed by atoms with Crippen molar-refractivity contribution in [1.29, 1.82) is 0 Å². The molecule has 0 aromatic carbocycles. The van der Waals surface area contributed by atoms with Crippen LogP contribution in [0.1, 0.15) is 0 Å². The van der Waals surface area contributed by atoms with Crippen LogP contribution in [0.5, 0.6) is 0 Å². The third kappa shape index (κ3) is 1.66. The maximum atomic E-state index is 11.8. The molecule has 0 aromatic rings. The van der Waals surface area contributed by atoms with Crippen molar-refractivity contribution in [3.8, 4) is 0 Å². The maximum Gasteiger partial charge on any atom is 0.253 e. The van der Waals surface area contributed by atoms with Gasteiger partial charge in [0.15, 0.2) is 0 Å². The van der Waals surface area contributed by atoms with Crippen molar-refractivity contribution in [3.63, 3.8) is 0 Å². The lowest BCUT2D eigenvalue weighted by molar-refractivity contribution is 0.234. The third-order valence-corrected chi connectivity index (χ3v) is 1.34. The van der Waals surface area contributed by atoms with Gasteiger partial charge in [0, 0.05) is 0 Å². The van der Waals surface area contributed by atoms with Crippen molar-refractivity contribution in [2.75, 3.05) is 0 Å². The largest absolute Gasteiger partial charge is 0.253 e. The predicted octanol–water partition coefficient (Wildman–Crippen LogP) is 1.95. The summed E-state index contributed by atoms with van der Waals surface area (Å²) >= 11 is 0. The molecule has 48 valence electrons. The quantitative estimate of drug-likeness (QED) is 0.473. The van der Waals surface area contributed by atoms with Crippen molar-refractivity contribution >= 4 is 6.71 Å². The van der Waals surface area contributed by atoms with E-state index in [-0.39, 0.29) is 0 Å². The summed E-state index contributed by atoms with van der Waals surface area (Å²) in [6.07, 6.45) is 3.50. The van der Waals surface area contributed by atoms with Gasteiger partial charge in [0.2, 0.25) is 6.32 Å². The Morgan fingerprint density at radius 2 is 2.11 bits per heavy atom. The van der Waals surface area contributed by atoms with E-state index in [0.29, 0.717) is 6.32 Å². The fourth-order valence-electron chi connectivity index (χ4n) is 0.787. The van der Waals surface area contributed by atoms with Crippen LogP contribution in [0.3, 0.4) is 0 Å². The highest BCUT2D eigenvalue weighted by Gasteiger charge is 2.21. The van der Waals surface area contributed by atoms with Gasteiger partial charge in [-0.15, -0.1) is 5.98 Å². The number of halogens is 2. The van der Waals surface area contributed by atoms with Crippen LogP contribution >= 0.6 is 0 Å². The Labute approximate surface area is 53.3 Å². The monoisotopic (exact) mass is 128 g/mol. The highest BCUT2D eigenvalue weighted by molar-refractivity contribution is 6.65. The Morgan fingerprint density at radius 3 is 2.44 bits per heavy atom. The highest BCUT2D eigenvalue weighted by Crippen LogP contribution is 2.10. The molecular formula is C6H7BF2. The normalized spacial score (nSPS) is 17.4. The molecule has 0 aliphatic carbocycles. The van der Waals surface area contributed by atoms with E-state index in [0.717, 1.165) is 0 Å². The highest BCUT2D eigenvalue weighted by atomic mass is 19.3. The summed E-state index contributed by atoms with van der Waals surface area (Å²) in [5.74, 6) is 1.55. The molecule has 0 radical (unpaired) electrons. The van der Waals surface area contributed by atoms with Crippen molar-refractivity contribution in [2.45, 2.75) is 12.6 Å². The molecule has 0 nitrogen and oxygen atoms in total. The van der Waals surface area contributed by atoms with Crippen LogP contribution in [0.25, 0.3) is 0 Å². The molecule has 1 aliphatic heterocycles. The van der Waals surface area contributed by atoms with Crippen LogP contribution in [0.2, 0.25) is 6.32 Å². The summed E-state index contributed by atoms with van der Waals surface area (Å²) < 4.78 is 23.7. The van der Waals surface area contributed by atoms with Crippen LogP contribution in [0.4, 0.5) is 8.78 Å². The molecule has 0 atom stereocenters. The lowest BCUT2D eigenvalue weighted by Crippen LogP contribution is -2.20. The molecule has 0 saturated heterocycles. The average molecular weight is 128 g/mol. The molecule has 0 bridgehead atoms. The Bertz CT molecular complexity index is 140. The summed E-state index contributed by atoms with van der Waals surface area (Å²) in [6.45, 7) is -0.546. The van der Waals surface area contributed by atoms with E-state index in [1.807, 2.05) is 0 Å². The molecule has 3 heteroatoms. The maximum absolute atomic E-state index is 11.8. The van der Waals surface area contributed by atoms with E-state index < -0.39 is 13.0 Å². The zero-order chi connectivity index (χ0) is 6.69. The molecule has 0 N–H and O–H groups in total. The number of hydrogen-bond donors (Lipinski definition) is 0. The van der Waals surface area contributed by atoms with Gasteiger partial charge in [-0.25, -0.2) is 8.78 Å². The Morgan fingerprint density at radius 1 is 1.33 bits per heavy atom. The zero-order valence-electron chi connectivity index (χ0n) is 4.93. The topological polar surface area (TPSA) is 0 Å². The molecule has 0 amide bonds. The molecule has 0 unspecified atom stereocenters. The van der Waals surface area contributed by atoms with E-state index >= 15 is 0 Å². The number of hydrogen-bond acceptors (Lipinski definition) is 0. The Balaban J connectivity index is 2.46. The Kier molecular flexibility index (Phi) is 2.03. The number of allylic oxidation sites excluding steroid dienone is 3. The van der Waals surface area contributed by atoms with Gasteiger partial charge in [0.05, 0.1) is 0 Å². The molecule has 0 fully saturated rings. The first-order valence-electron chi connectivity index (χ1n) is 2.92. The van der Waals surface area contributed by atoms with Crippen molar-refractivity contribution < 1.29 is 8.78 Å². The lowest BCUT2D eigenvalue weighted by atomic mass is 9.46. The first kappa shape index (κ1) is 6.52. The summed E-state index contributed by atoms with van der Waals surface area (Å²) in [6, 6.07) is 0. The van der Waals surface area contributed by atoms with E-state index in [2.05, 4.69) is 0 Å². The number of rotatable bonds is 1. The van der Waals surface area contributed by atoms with Gasteiger partial charge in [-0.3, -0.25) is 0 Å². The van der Waals surface area contributed by atoms with Crippen LogP contribution < -0.4 is 0 Å². The first-order valence-corrected chi connectivity index (χ1v) is 2.92. The van der Waals surface area contributed by atoms with Gasteiger partial charge in [-0.1, -0.05) is 18.2 Å². The van der Waals surface area contributed by atoms with Gasteiger partial charge in [0.1, 0.15) is 0 Å². The third-order valence-electron chi connectivity index (χ3n) is 1.34. The van der Waals surface area contributed by atoms with Crippen LogP contribution in [-0.2, 0) is 0 Å². The van der Waals surface area contributed by atoms with E-state index in [9.17, 15) is 8.78 Å². The van der Waals surface area contributed by atoms with Gasteiger partial charge in [0.25, 0.3) is 6.71 Å². The van der Waals surface area contributed by atoms with Gasteiger partial charge in [-0.05, 0) is 6.32 Å². The van der Waals surface area contributed by atoms with E-state index in [1.165, 1.54) is 0 Å². The van der Waals surface area contributed by atoms with Crippen LogP contribution in [-0.4, -0.2) is 13.0 Å². The summed E-state index contributed by atoms with van der Waals surface area (Å²) in [5, 5.41) is 0.